The first-order valence-corrected chi connectivity index (χ1v) is 5.39. The van der Waals surface area contributed by atoms with Crippen LogP contribution in [0.4, 0.5) is 0 Å². The Bertz CT molecular complexity index is 372. The molecule has 0 spiro atoms. The number of amides is 1. The average Bonchev–Trinajstić information content (AvgIpc) is 2.28. The summed E-state index contributed by atoms with van der Waals surface area (Å²) in [6, 6.07) is 3.84. The van der Waals surface area contributed by atoms with Gasteiger partial charge in [0.15, 0.2) is 0 Å². The van der Waals surface area contributed by atoms with Gasteiger partial charge >= 0.3 is 0 Å². The van der Waals surface area contributed by atoms with E-state index < -0.39 is 0 Å². The van der Waals surface area contributed by atoms with Crippen molar-refractivity contribution in [2.75, 3.05) is 26.8 Å². The molecule has 0 heterocycles. The second-order valence-electron chi connectivity index (χ2n) is 3.62. The van der Waals surface area contributed by atoms with E-state index in [1.807, 2.05) is 6.92 Å². The van der Waals surface area contributed by atoms with Crippen LogP contribution in [0.15, 0.2) is 18.2 Å². The van der Waals surface area contributed by atoms with E-state index in [0.29, 0.717) is 19.7 Å². The number of aromatic hydroxyl groups is 2. The average molecular weight is 239 g/mol. The van der Waals surface area contributed by atoms with Crippen molar-refractivity contribution in [3.63, 3.8) is 0 Å². The van der Waals surface area contributed by atoms with Crippen LogP contribution in [-0.2, 0) is 4.74 Å². The number of carbonyl (C=O) groups is 1. The van der Waals surface area contributed by atoms with Crippen LogP contribution in [0.2, 0.25) is 0 Å². The van der Waals surface area contributed by atoms with E-state index in [1.54, 1.807) is 12.0 Å². The van der Waals surface area contributed by atoms with Crippen molar-refractivity contribution >= 4 is 5.91 Å². The van der Waals surface area contributed by atoms with Gasteiger partial charge in [-0.3, -0.25) is 4.79 Å². The summed E-state index contributed by atoms with van der Waals surface area (Å²) in [7, 11) is 1.57. The molecule has 5 heteroatoms. The second kappa shape index (κ2) is 6.10. The summed E-state index contributed by atoms with van der Waals surface area (Å²) < 4.78 is 4.91. The summed E-state index contributed by atoms with van der Waals surface area (Å²) >= 11 is 0. The highest BCUT2D eigenvalue weighted by Crippen LogP contribution is 2.21. The lowest BCUT2D eigenvalue weighted by Crippen LogP contribution is -2.33. The molecule has 2 N–H and O–H groups in total. The maximum absolute atomic E-state index is 12.0. The number of likely N-dealkylation sites (N-methyl/N-ethyl adjacent to an activating group) is 1. The number of hydrogen-bond acceptors (Lipinski definition) is 4. The minimum atomic E-state index is -0.240. The maximum atomic E-state index is 12.0. The van der Waals surface area contributed by atoms with Gasteiger partial charge in [0.2, 0.25) is 0 Å². The van der Waals surface area contributed by atoms with Gasteiger partial charge in [-0.1, -0.05) is 0 Å². The summed E-state index contributed by atoms with van der Waals surface area (Å²) in [6.07, 6.45) is 0. The van der Waals surface area contributed by atoms with E-state index in [-0.39, 0.29) is 23.0 Å². The molecule has 5 nitrogen and oxygen atoms in total. The highest BCUT2D eigenvalue weighted by molar-refractivity contribution is 5.95. The van der Waals surface area contributed by atoms with Gasteiger partial charge in [0.1, 0.15) is 11.5 Å². The zero-order valence-corrected chi connectivity index (χ0v) is 10.0. The summed E-state index contributed by atoms with van der Waals surface area (Å²) in [5.74, 6) is -0.497. The van der Waals surface area contributed by atoms with Crippen molar-refractivity contribution in [2.24, 2.45) is 0 Å². The number of ether oxygens (including phenoxy) is 1. The van der Waals surface area contributed by atoms with Crippen LogP contribution >= 0.6 is 0 Å². The molecule has 0 aliphatic rings. The van der Waals surface area contributed by atoms with Crippen LogP contribution in [0.3, 0.4) is 0 Å². The van der Waals surface area contributed by atoms with Crippen molar-refractivity contribution in [2.45, 2.75) is 6.92 Å². The monoisotopic (exact) mass is 239 g/mol. The Kier molecular flexibility index (Phi) is 4.78. The Labute approximate surface area is 100 Å². The van der Waals surface area contributed by atoms with Crippen molar-refractivity contribution in [3.8, 4) is 11.5 Å². The predicted octanol–water partition coefficient (Wildman–Crippen LogP) is 1.21. The first kappa shape index (κ1) is 13.3. The van der Waals surface area contributed by atoms with Crippen LogP contribution < -0.4 is 0 Å². The fourth-order valence-corrected chi connectivity index (χ4v) is 1.51. The number of nitrogens with zero attached hydrogens (tertiary/aromatic N) is 1. The minimum Gasteiger partial charge on any atom is -0.508 e. The van der Waals surface area contributed by atoms with Crippen molar-refractivity contribution in [1.82, 2.24) is 4.90 Å². The van der Waals surface area contributed by atoms with Gasteiger partial charge in [-0.05, 0) is 19.1 Å². The molecule has 0 aliphatic heterocycles. The van der Waals surface area contributed by atoms with Crippen LogP contribution in [0, 0.1) is 0 Å². The lowest BCUT2D eigenvalue weighted by Gasteiger charge is -2.20. The van der Waals surface area contributed by atoms with Gasteiger partial charge < -0.3 is 19.8 Å². The third-order valence-corrected chi connectivity index (χ3v) is 2.38. The van der Waals surface area contributed by atoms with Crippen molar-refractivity contribution in [1.29, 1.82) is 0 Å². The molecule has 1 rings (SSSR count). The van der Waals surface area contributed by atoms with Gasteiger partial charge in [-0.2, -0.15) is 0 Å². The quantitative estimate of drug-likeness (QED) is 0.810. The molecule has 1 aromatic rings. The molecule has 0 aliphatic carbocycles. The molecule has 0 aromatic heterocycles. The number of phenolic OH excluding ortho intramolecular Hbond substituents is 2. The van der Waals surface area contributed by atoms with Gasteiger partial charge in [-0.15, -0.1) is 0 Å². The number of rotatable bonds is 5. The van der Waals surface area contributed by atoms with E-state index in [4.69, 9.17) is 4.74 Å². The number of phenols is 2. The topological polar surface area (TPSA) is 70.0 Å². The number of carbonyl (C=O) groups excluding carboxylic acids is 1. The summed E-state index contributed by atoms with van der Waals surface area (Å²) in [4.78, 5) is 13.6. The fourth-order valence-electron chi connectivity index (χ4n) is 1.51. The normalized spacial score (nSPS) is 10.2. The minimum absolute atomic E-state index is 0.129. The van der Waals surface area contributed by atoms with Crippen LogP contribution in [0.1, 0.15) is 17.3 Å². The van der Waals surface area contributed by atoms with Gasteiger partial charge in [-0.25, -0.2) is 0 Å². The highest BCUT2D eigenvalue weighted by atomic mass is 16.5. The SMILES string of the molecule is CCN(CCOC)C(=O)c1cc(O)cc(O)c1. The molecule has 0 saturated carbocycles. The van der Waals surface area contributed by atoms with Gasteiger partial charge in [0, 0.05) is 31.8 Å². The van der Waals surface area contributed by atoms with Crippen molar-refractivity contribution in [3.05, 3.63) is 23.8 Å². The van der Waals surface area contributed by atoms with E-state index in [2.05, 4.69) is 0 Å². The highest BCUT2D eigenvalue weighted by Gasteiger charge is 2.15. The van der Waals surface area contributed by atoms with E-state index >= 15 is 0 Å². The predicted molar refractivity (Wildman–Crippen MR) is 63.2 cm³/mol. The fraction of sp³-hybridized carbons (Fsp3) is 0.417. The number of methoxy groups -OCH3 is 1. The summed E-state index contributed by atoms with van der Waals surface area (Å²) in [6.45, 7) is 3.32. The van der Waals surface area contributed by atoms with Crippen LogP contribution in [0.25, 0.3) is 0 Å². The molecule has 0 fully saturated rings. The molecule has 0 bridgehead atoms. The van der Waals surface area contributed by atoms with E-state index in [9.17, 15) is 15.0 Å². The largest absolute Gasteiger partial charge is 0.508 e. The maximum Gasteiger partial charge on any atom is 0.254 e. The molecule has 0 saturated heterocycles. The molecule has 0 unspecified atom stereocenters. The van der Waals surface area contributed by atoms with E-state index in [0.717, 1.165) is 0 Å². The first-order valence-electron chi connectivity index (χ1n) is 5.39. The van der Waals surface area contributed by atoms with E-state index in [1.165, 1.54) is 18.2 Å². The molecule has 0 radical (unpaired) electrons. The lowest BCUT2D eigenvalue weighted by atomic mass is 10.1. The van der Waals surface area contributed by atoms with Gasteiger partial charge in [0.25, 0.3) is 5.91 Å². The Morgan fingerprint density at radius 3 is 2.35 bits per heavy atom. The number of hydrogen-bond donors (Lipinski definition) is 2. The summed E-state index contributed by atoms with van der Waals surface area (Å²) in [5, 5.41) is 18.6. The van der Waals surface area contributed by atoms with Crippen molar-refractivity contribution < 1.29 is 19.7 Å². The zero-order chi connectivity index (χ0) is 12.8. The lowest BCUT2D eigenvalue weighted by molar-refractivity contribution is 0.0705. The molecular formula is C12H17NO4. The Morgan fingerprint density at radius 1 is 1.29 bits per heavy atom. The Balaban J connectivity index is 2.85. The Morgan fingerprint density at radius 2 is 1.88 bits per heavy atom. The van der Waals surface area contributed by atoms with Gasteiger partial charge in [0.05, 0.1) is 6.61 Å². The Hall–Kier alpha value is -1.75. The second-order valence-corrected chi connectivity index (χ2v) is 3.62. The third-order valence-electron chi connectivity index (χ3n) is 2.38. The third kappa shape index (κ3) is 3.64. The standard InChI is InChI=1S/C12H17NO4/c1-3-13(4-5-17-2)12(16)9-6-10(14)8-11(15)7-9/h6-8,14-15H,3-5H2,1-2H3. The molecular weight excluding hydrogens is 222 g/mol. The summed E-state index contributed by atoms with van der Waals surface area (Å²) in [5.41, 5.74) is 0.264. The van der Waals surface area contributed by atoms with Crippen LogP contribution in [0.5, 0.6) is 11.5 Å². The molecule has 0 atom stereocenters. The molecule has 17 heavy (non-hydrogen) atoms. The van der Waals surface area contributed by atoms with Crippen LogP contribution in [-0.4, -0.2) is 47.8 Å². The smallest absolute Gasteiger partial charge is 0.254 e. The molecule has 94 valence electrons. The molecule has 1 amide bonds. The molecule has 1 aromatic carbocycles. The first-order chi connectivity index (χ1) is 8.08. The number of benzene rings is 1. The zero-order valence-electron chi connectivity index (χ0n) is 10.0.